The van der Waals surface area contributed by atoms with Gasteiger partial charge in [-0.15, -0.1) is 0 Å². The number of sulfonamides is 1. The van der Waals surface area contributed by atoms with Crippen LogP contribution in [0, 0.1) is 0 Å². The van der Waals surface area contributed by atoms with Crippen LogP contribution in [0.4, 0.5) is 0 Å². The summed E-state index contributed by atoms with van der Waals surface area (Å²) >= 11 is 0. The summed E-state index contributed by atoms with van der Waals surface area (Å²) in [5.41, 5.74) is 2.41. The summed E-state index contributed by atoms with van der Waals surface area (Å²) in [7, 11) is -1.92. The van der Waals surface area contributed by atoms with Crippen molar-refractivity contribution in [1.82, 2.24) is 9.62 Å². The van der Waals surface area contributed by atoms with E-state index < -0.39 is 10.0 Å². The van der Waals surface area contributed by atoms with Gasteiger partial charge >= 0.3 is 0 Å². The molecule has 0 spiro atoms. The molecule has 1 aromatic carbocycles. The van der Waals surface area contributed by atoms with E-state index in [4.69, 9.17) is 0 Å². The molecule has 1 aliphatic rings. The lowest BCUT2D eigenvalue weighted by atomic mass is 9.88. The molecule has 0 fully saturated rings. The first kappa shape index (κ1) is 15.0. The fourth-order valence-corrected chi connectivity index (χ4v) is 2.82. The number of carbonyl (C=O) groups excluding carboxylic acids is 1. The molecule has 0 heterocycles. The number of amides is 1. The average molecular weight is 296 g/mol. The van der Waals surface area contributed by atoms with Crippen LogP contribution in [-0.4, -0.2) is 38.5 Å². The second kappa shape index (κ2) is 5.93. The first-order valence-electron chi connectivity index (χ1n) is 6.66. The third-order valence-electron chi connectivity index (χ3n) is 3.64. The number of rotatable bonds is 4. The Bertz CT molecular complexity index is 598. The molecule has 20 heavy (non-hydrogen) atoms. The Morgan fingerprint density at radius 3 is 2.80 bits per heavy atom. The minimum Gasteiger partial charge on any atom is -0.348 e. The lowest BCUT2D eigenvalue weighted by Gasteiger charge is -2.27. The summed E-state index contributed by atoms with van der Waals surface area (Å²) in [6, 6.07) is 8.06. The van der Waals surface area contributed by atoms with Crippen molar-refractivity contribution in [3.63, 3.8) is 0 Å². The fraction of sp³-hybridized carbons (Fsp3) is 0.500. The lowest BCUT2D eigenvalue weighted by molar-refractivity contribution is -0.122. The number of nitrogens with zero attached hydrogens (tertiary/aromatic N) is 1. The third kappa shape index (κ3) is 3.58. The van der Waals surface area contributed by atoms with Crippen LogP contribution in [-0.2, 0) is 21.2 Å². The highest BCUT2D eigenvalue weighted by Crippen LogP contribution is 2.29. The number of hydrogen-bond donors (Lipinski definition) is 1. The van der Waals surface area contributed by atoms with Gasteiger partial charge in [-0.05, 0) is 30.4 Å². The maximum Gasteiger partial charge on any atom is 0.235 e. The van der Waals surface area contributed by atoms with Crippen molar-refractivity contribution in [3.8, 4) is 0 Å². The summed E-state index contributed by atoms with van der Waals surface area (Å²) in [5.74, 6) is -0.264. The molecule has 0 bridgehead atoms. The Balaban J connectivity index is 2.03. The molecule has 1 amide bonds. The Labute approximate surface area is 120 Å². The van der Waals surface area contributed by atoms with Crippen molar-refractivity contribution >= 4 is 15.9 Å². The first-order valence-corrected chi connectivity index (χ1v) is 8.51. The van der Waals surface area contributed by atoms with Crippen LogP contribution in [0.25, 0.3) is 0 Å². The Morgan fingerprint density at radius 1 is 1.40 bits per heavy atom. The molecule has 5 nitrogen and oxygen atoms in total. The first-order chi connectivity index (χ1) is 9.38. The summed E-state index contributed by atoms with van der Waals surface area (Å²) in [6.07, 6.45) is 4.05. The van der Waals surface area contributed by atoms with Crippen LogP contribution < -0.4 is 5.32 Å². The van der Waals surface area contributed by atoms with E-state index in [2.05, 4.69) is 11.4 Å². The van der Waals surface area contributed by atoms with E-state index >= 15 is 0 Å². The Kier molecular flexibility index (Phi) is 4.45. The summed E-state index contributed by atoms with van der Waals surface area (Å²) in [5, 5.41) is 2.93. The molecule has 110 valence electrons. The zero-order chi connectivity index (χ0) is 14.8. The molecule has 2 rings (SSSR count). The van der Waals surface area contributed by atoms with Gasteiger partial charge in [-0.25, -0.2) is 8.42 Å². The lowest BCUT2D eigenvalue weighted by Crippen LogP contribution is -2.40. The van der Waals surface area contributed by atoms with Gasteiger partial charge in [0.25, 0.3) is 0 Å². The van der Waals surface area contributed by atoms with Gasteiger partial charge < -0.3 is 5.32 Å². The topological polar surface area (TPSA) is 66.5 Å². The van der Waals surface area contributed by atoms with Crippen LogP contribution in [0.15, 0.2) is 24.3 Å². The minimum atomic E-state index is -3.33. The monoisotopic (exact) mass is 296 g/mol. The molecule has 1 N–H and O–H groups in total. The van der Waals surface area contributed by atoms with Gasteiger partial charge in [0.2, 0.25) is 15.9 Å². The van der Waals surface area contributed by atoms with E-state index in [1.807, 2.05) is 18.2 Å². The third-order valence-corrected chi connectivity index (χ3v) is 4.90. The largest absolute Gasteiger partial charge is 0.348 e. The zero-order valence-corrected chi connectivity index (χ0v) is 12.6. The number of carbonyl (C=O) groups is 1. The molecule has 0 radical (unpaired) electrons. The smallest absolute Gasteiger partial charge is 0.235 e. The predicted molar refractivity (Wildman–Crippen MR) is 77.7 cm³/mol. The number of nitrogens with one attached hydrogen (secondary N) is 1. The van der Waals surface area contributed by atoms with Crippen molar-refractivity contribution in [2.45, 2.75) is 25.3 Å². The van der Waals surface area contributed by atoms with E-state index in [1.54, 1.807) is 0 Å². The Hall–Kier alpha value is -1.40. The molecule has 0 aliphatic heterocycles. The predicted octanol–water partition coefficient (Wildman–Crippen LogP) is 1.07. The van der Waals surface area contributed by atoms with Crippen LogP contribution in [0.1, 0.15) is 30.0 Å². The van der Waals surface area contributed by atoms with E-state index in [0.717, 1.165) is 35.4 Å². The second-order valence-corrected chi connectivity index (χ2v) is 7.32. The van der Waals surface area contributed by atoms with Crippen molar-refractivity contribution in [1.29, 1.82) is 0 Å². The molecule has 0 saturated heterocycles. The van der Waals surface area contributed by atoms with Crippen molar-refractivity contribution in [2.24, 2.45) is 0 Å². The van der Waals surface area contributed by atoms with Crippen LogP contribution in [0.5, 0.6) is 0 Å². The van der Waals surface area contributed by atoms with E-state index in [9.17, 15) is 13.2 Å². The second-order valence-electron chi connectivity index (χ2n) is 5.23. The number of fused-ring (bicyclic) bond motifs is 1. The molecule has 1 aromatic rings. The normalized spacial score (nSPS) is 18.6. The molecule has 1 atom stereocenters. The molecule has 0 saturated carbocycles. The minimum absolute atomic E-state index is 0.0135. The van der Waals surface area contributed by atoms with Gasteiger partial charge in [0, 0.05) is 7.05 Å². The molecule has 1 aliphatic carbocycles. The molecule has 0 aromatic heterocycles. The molecular formula is C14H20N2O3S. The maximum atomic E-state index is 12.0. The number of aryl methyl sites for hydroxylation is 1. The highest BCUT2D eigenvalue weighted by Gasteiger charge is 2.23. The highest BCUT2D eigenvalue weighted by molar-refractivity contribution is 7.88. The SMILES string of the molecule is CN(CC(=O)N[C@@H]1CCCc2ccccc21)S(C)(=O)=O. The van der Waals surface area contributed by atoms with Crippen LogP contribution >= 0.6 is 0 Å². The van der Waals surface area contributed by atoms with E-state index in [1.165, 1.54) is 12.6 Å². The van der Waals surface area contributed by atoms with Gasteiger partial charge in [-0.1, -0.05) is 24.3 Å². The van der Waals surface area contributed by atoms with Crippen LogP contribution in [0.2, 0.25) is 0 Å². The standard InChI is InChI=1S/C14H20N2O3S/c1-16(20(2,18)19)10-14(17)15-13-9-5-7-11-6-3-4-8-12(11)13/h3-4,6,8,13H,5,7,9-10H2,1-2H3,(H,15,17)/t13-/m1/s1. The molecular weight excluding hydrogens is 276 g/mol. The van der Waals surface area contributed by atoms with Gasteiger partial charge in [-0.2, -0.15) is 4.31 Å². The quantitative estimate of drug-likeness (QED) is 0.904. The maximum absolute atomic E-state index is 12.0. The number of hydrogen-bond acceptors (Lipinski definition) is 3. The number of likely N-dealkylation sites (N-methyl/N-ethyl adjacent to an activating group) is 1. The summed E-state index contributed by atoms with van der Waals surface area (Å²) in [4.78, 5) is 12.0. The number of benzene rings is 1. The van der Waals surface area contributed by atoms with Crippen molar-refractivity contribution in [3.05, 3.63) is 35.4 Å². The van der Waals surface area contributed by atoms with Crippen molar-refractivity contribution in [2.75, 3.05) is 19.8 Å². The van der Waals surface area contributed by atoms with Crippen LogP contribution in [0.3, 0.4) is 0 Å². The van der Waals surface area contributed by atoms with Gasteiger partial charge in [0.1, 0.15) is 0 Å². The van der Waals surface area contributed by atoms with E-state index in [-0.39, 0.29) is 18.5 Å². The fourth-order valence-electron chi connectivity index (χ4n) is 2.46. The van der Waals surface area contributed by atoms with Crippen molar-refractivity contribution < 1.29 is 13.2 Å². The highest BCUT2D eigenvalue weighted by atomic mass is 32.2. The van der Waals surface area contributed by atoms with E-state index in [0.29, 0.717) is 0 Å². The van der Waals surface area contributed by atoms with Gasteiger partial charge in [0.05, 0.1) is 18.8 Å². The zero-order valence-electron chi connectivity index (χ0n) is 11.8. The van der Waals surface area contributed by atoms with Gasteiger partial charge in [0.15, 0.2) is 0 Å². The van der Waals surface area contributed by atoms with Gasteiger partial charge in [-0.3, -0.25) is 4.79 Å². The summed E-state index contributed by atoms with van der Waals surface area (Å²) in [6.45, 7) is -0.141. The Morgan fingerprint density at radius 2 is 2.10 bits per heavy atom. The molecule has 0 unspecified atom stereocenters. The summed E-state index contributed by atoms with van der Waals surface area (Å²) < 4.78 is 23.7. The molecule has 6 heteroatoms. The average Bonchev–Trinajstić information content (AvgIpc) is 2.38.